The maximum absolute atomic E-state index is 11.2. The van der Waals surface area contributed by atoms with E-state index >= 15 is 0 Å². The van der Waals surface area contributed by atoms with Crippen molar-refractivity contribution in [2.45, 2.75) is 19.8 Å². The van der Waals surface area contributed by atoms with Gasteiger partial charge in [-0.15, -0.1) is 11.7 Å². The average molecular weight is 323 g/mol. The lowest BCUT2D eigenvalue weighted by Crippen LogP contribution is -2.29. The van der Waals surface area contributed by atoms with Crippen LogP contribution in [-0.4, -0.2) is 44.4 Å². The van der Waals surface area contributed by atoms with Crippen LogP contribution in [0.15, 0.2) is 12.2 Å². The quantitative estimate of drug-likeness (QED) is 0.152. The van der Waals surface area contributed by atoms with Gasteiger partial charge in [-0.1, -0.05) is 17.4 Å². The van der Waals surface area contributed by atoms with Crippen molar-refractivity contribution in [3.05, 3.63) is 12.2 Å². The summed E-state index contributed by atoms with van der Waals surface area (Å²) < 4.78 is 14.9. The van der Waals surface area contributed by atoms with Crippen LogP contribution in [0.1, 0.15) is 19.8 Å². The minimum absolute atomic E-state index is 0.0933. The standard InChI is InChI=1S/C12H21NO5S2/c1-10(2)11(14)17-8-5-13-12(15)18-7-4-3-6-16-9-20-19/h19H,1,3-9H2,2H3,(H,13,15). The molecule has 6 nitrogen and oxygen atoms in total. The van der Waals surface area contributed by atoms with E-state index in [-0.39, 0.29) is 13.2 Å². The van der Waals surface area contributed by atoms with E-state index in [4.69, 9.17) is 14.2 Å². The lowest BCUT2D eigenvalue weighted by Gasteiger charge is -2.07. The van der Waals surface area contributed by atoms with E-state index in [1.807, 2.05) is 0 Å². The number of esters is 1. The average Bonchev–Trinajstić information content (AvgIpc) is 2.42. The van der Waals surface area contributed by atoms with Gasteiger partial charge in [-0.2, -0.15) is 0 Å². The first kappa shape index (κ1) is 19.1. The Morgan fingerprint density at radius 3 is 2.55 bits per heavy atom. The molecule has 0 aromatic carbocycles. The lowest BCUT2D eigenvalue weighted by atomic mass is 10.3. The highest BCUT2D eigenvalue weighted by atomic mass is 33.1. The summed E-state index contributed by atoms with van der Waals surface area (Å²) in [4.78, 5) is 22.2. The van der Waals surface area contributed by atoms with Gasteiger partial charge in [0, 0.05) is 12.2 Å². The SMILES string of the molecule is C=C(C)C(=O)OCCNC(=O)OCCCCOCSS. The smallest absolute Gasteiger partial charge is 0.407 e. The summed E-state index contributed by atoms with van der Waals surface area (Å²) in [6.07, 6.45) is 1.02. The van der Waals surface area contributed by atoms with Crippen molar-refractivity contribution in [3.8, 4) is 0 Å². The Kier molecular flexibility index (Phi) is 12.6. The summed E-state index contributed by atoms with van der Waals surface area (Å²) >= 11 is 3.93. The first-order valence-electron chi connectivity index (χ1n) is 6.15. The topological polar surface area (TPSA) is 73.9 Å². The van der Waals surface area contributed by atoms with E-state index < -0.39 is 12.1 Å². The Labute approximate surface area is 128 Å². The van der Waals surface area contributed by atoms with Crippen LogP contribution in [0.3, 0.4) is 0 Å². The van der Waals surface area contributed by atoms with Crippen molar-refractivity contribution in [3.63, 3.8) is 0 Å². The highest BCUT2D eigenvalue weighted by Crippen LogP contribution is 2.04. The zero-order valence-electron chi connectivity index (χ0n) is 11.6. The van der Waals surface area contributed by atoms with Gasteiger partial charge in [0.2, 0.25) is 0 Å². The fourth-order valence-corrected chi connectivity index (χ4v) is 1.45. The fourth-order valence-electron chi connectivity index (χ4n) is 1.04. The molecule has 116 valence electrons. The Bertz CT molecular complexity index is 312. The zero-order chi connectivity index (χ0) is 15.2. The van der Waals surface area contributed by atoms with E-state index in [9.17, 15) is 9.59 Å². The predicted octanol–water partition coefficient (Wildman–Crippen LogP) is 2.16. The van der Waals surface area contributed by atoms with Gasteiger partial charge in [0.1, 0.15) is 12.5 Å². The number of hydrogen-bond donors (Lipinski definition) is 2. The molecule has 0 rings (SSSR count). The normalized spacial score (nSPS) is 9.90. The van der Waals surface area contributed by atoms with Crippen LogP contribution in [-0.2, 0) is 19.0 Å². The zero-order valence-corrected chi connectivity index (χ0v) is 13.3. The molecule has 0 fully saturated rings. The lowest BCUT2D eigenvalue weighted by molar-refractivity contribution is -0.138. The molecule has 1 N–H and O–H groups in total. The molecule has 0 saturated heterocycles. The largest absolute Gasteiger partial charge is 0.460 e. The van der Waals surface area contributed by atoms with Crippen LogP contribution >= 0.6 is 22.5 Å². The summed E-state index contributed by atoms with van der Waals surface area (Å²) in [5.74, 6) is 0.0763. The number of alkyl carbamates (subject to hydrolysis) is 1. The van der Waals surface area contributed by atoms with Gasteiger partial charge in [0.25, 0.3) is 0 Å². The van der Waals surface area contributed by atoms with Crippen LogP contribution in [0.2, 0.25) is 0 Å². The van der Waals surface area contributed by atoms with Crippen molar-refractivity contribution in [1.29, 1.82) is 0 Å². The van der Waals surface area contributed by atoms with Crippen LogP contribution in [0.5, 0.6) is 0 Å². The molecule has 0 aliphatic heterocycles. The summed E-state index contributed by atoms with van der Waals surface area (Å²) in [5, 5.41) is 2.48. The number of rotatable bonds is 11. The third-order valence-electron chi connectivity index (χ3n) is 2.01. The molecular weight excluding hydrogens is 302 g/mol. The maximum atomic E-state index is 11.2. The van der Waals surface area contributed by atoms with Gasteiger partial charge in [-0.25, -0.2) is 9.59 Å². The van der Waals surface area contributed by atoms with Crippen LogP contribution in [0.25, 0.3) is 0 Å². The number of nitrogens with one attached hydrogen (secondary N) is 1. The van der Waals surface area contributed by atoms with E-state index in [1.165, 1.54) is 10.8 Å². The van der Waals surface area contributed by atoms with Crippen molar-refractivity contribution in [1.82, 2.24) is 5.32 Å². The third-order valence-corrected chi connectivity index (χ3v) is 2.59. The highest BCUT2D eigenvalue weighted by Gasteiger charge is 2.04. The molecule has 0 unspecified atom stereocenters. The molecular formula is C12H21NO5S2. The second-order valence-electron chi connectivity index (χ2n) is 3.84. The van der Waals surface area contributed by atoms with Crippen molar-refractivity contribution in [2.24, 2.45) is 0 Å². The van der Waals surface area contributed by atoms with Gasteiger partial charge in [0.05, 0.1) is 13.2 Å². The Morgan fingerprint density at radius 2 is 1.90 bits per heavy atom. The first-order chi connectivity index (χ1) is 9.57. The number of amides is 1. The molecule has 1 amide bonds. The monoisotopic (exact) mass is 323 g/mol. The van der Waals surface area contributed by atoms with E-state index in [2.05, 4.69) is 23.6 Å². The molecule has 0 heterocycles. The molecule has 8 heteroatoms. The maximum Gasteiger partial charge on any atom is 0.407 e. The Morgan fingerprint density at radius 1 is 1.20 bits per heavy atom. The molecule has 0 spiro atoms. The number of hydrogen-bond acceptors (Lipinski definition) is 7. The molecule has 0 aliphatic carbocycles. The Hall–Kier alpha value is -0.860. The molecule has 0 aromatic heterocycles. The Balaban J connectivity index is 3.33. The highest BCUT2D eigenvalue weighted by molar-refractivity contribution is 8.68. The van der Waals surface area contributed by atoms with E-state index in [1.54, 1.807) is 6.92 Å². The van der Waals surface area contributed by atoms with Gasteiger partial charge in [-0.05, 0) is 19.8 Å². The molecule has 0 saturated carbocycles. The molecule has 20 heavy (non-hydrogen) atoms. The molecule has 0 bridgehead atoms. The second-order valence-corrected chi connectivity index (χ2v) is 5.11. The predicted molar refractivity (Wildman–Crippen MR) is 81.8 cm³/mol. The van der Waals surface area contributed by atoms with Crippen molar-refractivity contribution < 1.29 is 23.8 Å². The van der Waals surface area contributed by atoms with Gasteiger partial charge >= 0.3 is 12.1 Å². The summed E-state index contributed by atoms with van der Waals surface area (Å²) in [6, 6.07) is 0. The van der Waals surface area contributed by atoms with Crippen LogP contribution < -0.4 is 5.32 Å². The summed E-state index contributed by atoms with van der Waals surface area (Å²) in [5.41, 5.74) is 0.325. The van der Waals surface area contributed by atoms with E-state index in [0.29, 0.717) is 24.7 Å². The third kappa shape index (κ3) is 12.2. The molecule has 0 aromatic rings. The van der Waals surface area contributed by atoms with Gasteiger partial charge in [0.15, 0.2) is 0 Å². The second kappa shape index (κ2) is 13.1. The molecule has 0 aliphatic rings. The van der Waals surface area contributed by atoms with Crippen LogP contribution in [0, 0.1) is 0 Å². The number of ether oxygens (including phenoxy) is 3. The van der Waals surface area contributed by atoms with Crippen LogP contribution in [0.4, 0.5) is 4.79 Å². The van der Waals surface area contributed by atoms with E-state index in [0.717, 1.165) is 12.8 Å². The minimum atomic E-state index is -0.525. The van der Waals surface area contributed by atoms with Crippen molar-refractivity contribution >= 4 is 34.5 Å². The number of thiol groups is 1. The minimum Gasteiger partial charge on any atom is -0.460 e. The van der Waals surface area contributed by atoms with Gasteiger partial charge < -0.3 is 19.5 Å². The van der Waals surface area contributed by atoms with Crippen molar-refractivity contribution in [2.75, 3.05) is 32.3 Å². The molecule has 0 atom stereocenters. The fraction of sp³-hybridized carbons (Fsp3) is 0.667. The molecule has 0 radical (unpaired) electrons. The summed E-state index contributed by atoms with van der Waals surface area (Å²) in [6.45, 7) is 6.25. The van der Waals surface area contributed by atoms with Gasteiger partial charge in [-0.3, -0.25) is 0 Å². The number of carbonyl (C=O) groups excluding carboxylic acids is 2. The number of unbranched alkanes of at least 4 members (excludes halogenated alkanes) is 1. The first-order valence-corrected chi connectivity index (χ1v) is 8.19. The summed E-state index contributed by atoms with van der Waals surface area (Å²) in [7, 11) is 1.32. The number of carbonyl (C=O) groups is 2.